The third-order valence-electron chi connectivity index (χ3n) is 9.29. The van der Waals surface area contributed by atoms with Gasteiger partial charge in [0.1, 0.15) is 40.2 Å². The van der Waals surface area contributed by atoms with E-state index in [9.17, 15) is 4.79 Å². The zero-order valence-electron chi connectivity index (χ0n) is 29.3. The number of hydrogen-bond donors (Lipinski definition) is 0. The monoisotopic (exact) mass is 701 g/mol. The van der Waals surface area contributed by atoms with Crippen LogP contribution in [0, 0.1) is 12.3 Å². The third-order valence-corrected chi connectivity index (χ3v) is 11.4. The van der Waals surface area contributed by atoms with Crippen molar-refractivity contribution in [1.29, 1.82) is 0 Å². The van der Waals surface area contributed by atoms with Crippen molar-refractivity contribution in [2.45, 2.75) is 84.6 Å². The Labute approximate surface area is 292 Å². The smallest absolute Gasteiger partial charge is 0.410 e. The first-order valence-electron chi connectivity index (χ1n) is 16.9. The first-order valence-corrected chi connectivity index (χ1v) is 20.9. The summed E-state index contributed by atoms with van der Waals surface area (Å²) < 4.78 is 22.0. The van der Waals surface area contributed by atoms with Crippen molar-refractivity contribution in [3.8, 4) is 22.8 Å². The largest absolute Gasteiger partial charge is 0.456 e. The highest BCUT2D eigenvalue weighted by molar-refractivity contribution is 6.76. The number of fused-ring (bicyclic) bond motifs is 2. The number of ether oxygens (including phenoxy) is 3. The van der Waals surface area contributed by atoms with Crippen LogP contribution >= 0.6 is 11.6 Å². The fourth-order valence-corrected chi connectivity index (χ4v) is 7.63. The average Bonchev–Trinajstić information content (AvgIpc) is 3.58. The highest BCUT2D eigenvalue weighted by Gasteiger charge is 2.55. The lowest BCUT2D eigenvalue weighted by molar-refractivity contribution is -0.0927. The van der Waals surface area contributed by atoms with E-state index in [0.717, 1.165) is 61.0 Å². The van der Waals surface area contributed by atoms with Gasteiger partial charge in [-0.05, 0) is 70.8 Å². The van der Waals surface area contributed by atoms with Crippen molar-refractivity contribution in [2.24, 2.45) is 5.41 Å². The number of carbonyl (C=O) groups is 1. The van der Waals surface area contributed by atoms with E-state index in [2.05, 4.69) is 34.3 Å². The molecule has 3 aromatic heterocycles. The van der Waals surface area contributed by atoms with Crippen LogP contribution in [0.15, 0.2) is 48.9 Å². The number of aryl methyl sites for hydroxylation is 1. The topological polar surface area (TPSA) is 109 Å². The van der Waals surface area contributed by atoms with E-state index in [1.54, 1.807) is 11.1 Å². The van der Waals surface area contributed by atoms with Gasteiger partial charge in [-0.25, -0.2) is 14.8 Å². The van der Waals surface area contributed by atoms with E-state index >= 15 is 0 Å². The molecule has 1 spiro atoms. The van der Waals surface area contributed by atoms with Gasteiger partial charge in [-0.1, -0.05) is 31.2 Å². The number of halogens is 1. The highest BCUT2D eigenvalue weighted by Crippen LogP contribution is 2.54. The molecule has 0 radical (unpaired) electrons. The van der Waals surface area contributed by atoms with Crippen LogP contribution in [0.3, 0.4) is 0 Å². The second-order valence-electron chi connectivity index (χ2n) is 15.8. The summed E-state index contributed by atoms with van der Waals surface area (Å²) in [5, 5.41) is 5.04. The fraction of sp³-hybridized carbons (Fsp3) is 0.472. The Bertz CT molecular complexity index is 2030. The Balaban J connectivity index is 1.03. The number of hydrogen-bond acceptors (Lipinski definition) is 8. The van der Waals surface area contributed by atoms with E-state index in [1.165, 1.54) is 0 Å². The second kappa shape index (κ2) is 12.4. The van der Waals surface area contributed by atoms with Gasteiger partial charge in [-0.2, -0.15) is 5.10 Å². The number of aromatic nitrogens is 6. The van der Waals surface area contributed by atoms with Gasteiger partial charge in [0.05, 0.1) is 40.7 Å². The van der Waals surface area contributed by atoms with Crippen LogP contribution in [-0.4, -0.2) is 73.7 Å². The Morgan fingerprint density at radius 3 is 2.55 bits per heavy atom. The van der Waals surface area contributed by atoms with Crippen molar-refractivity contribution in [2.75, 3.05) is 19.7 Å². The predicted octanol–water partition coefficient (Wildman–Crippen LogP) is 8.48. The molecule has 49 heavy (non-hydrogen) atoms. The van der Waals surface area contributed by atoms with Gasteiger partial charge < -0.3 is 23.7 Å². The summed E-state index contributed by atoms with van der Waals surface area (Å²) in [7, 11) is -1.17. The van der Waals surface area contributed by atoms with Gasteiger partial charge in [-0.15, -0.1) is 0 Å². The van der Waals surface area contributed by atoms with Crippen LogP contribution in [-0.2, 0) is 16.2 Å². The summed E-state index contributed by atoms with van der Waals surface area (Å²) in [5.41, 5.74) is 4.27. The number of imidazole rings is 1. The molecular formula is C36H44ClN7O4Si. The lowest BCUT2D eigenvalue weighted by atomic mass is 9.61. The molecule has 0 atom stereocenters. The normalized spacial score (nSPS) is 16.3. The molecule has 11 nitrogen and oxygen atoms in total. The number of carbonyl (C=O) groups excluding carboxylic acids is 1. The molecule has 2 aliphatic rings. The van der Waals surface area contributed by atoms with Gasteiger partial charge in [0, 0.05) is 51.0 Å². The maximum absolute atomic E-state index is 12.4. The summed E-state index contributed by atoms with van der Waals surface area (Å²) in [5.74, 6) is 2.02. The van der Waals surface area contributed by atoms with Crippen LogP contribution in [0.5, 0.6) is 11.5 Å². The first kappa shape index (κ1) is 33.5. The maximum atomic E-state index is 12.4. The lowest BCUT2D eigenvalue weighted by Gasteiger charge is -2.58. The van der Waals surface area contributed by atoms with Gasteiger partial charge in [0.15, 0.2) is 0 Å². The molecule has 2 fully saturated rings. The molecule has 7 rings (SSSR count). The van der Waals surface area contributed by atoms with Gasteiger partial charge >= 0.3 is 6.09 Å². The van der Waals surface area contributed by atoms with E-state index in [1.807, 2.05) is 75.1 Å². The zero-order valence-corrected chi connectivity index (χ0v) is 31.0. The number of likely N-dealkylation sites (tertiary alicyclic amines) is 1. The summed E-state index contributed by atoms with van der Waals surface area (Å²) in [6, 6.07) is 10.9. The SMILES string of the molecule is Cc1nc2ccc(Oc3ccc4ncc(-c5cnn(C6CC7(C6)CN(C(=O)OC(C)(C)C)C7)c5)nc4c3Cl)cc2n1COCC[Si](C)(C)C. The predicted molar refractivity (Wildman–Crippen MR) is 193 cm³/mol. The van der Waals surface area contributed by atoms with Gasteiger partial charge in [-0.3, -0.25) is 9.67 Å². The molecule has 0 N–H and O–H groups in total. The lowest BCUT2D eigenvalue weighted by Crippen LogP contribution is -2.64. The van der Waals surface area contributed by atoms with Crippen molar-refractivity contribution in [1.82, 2.24) is 34.2 Å². The minimum atomic E-state index is -1.17. The van der Waals surface area contributed by atoms with Crippen molar-refractivity contribution in [3.05, 3.63) is 59.8 Å². The average molecular weight is 702 g/mol. The Hall–Kier alpha value is -4.00. The van der Waals surface area contributed by atoms with E-state index in [0.29, 0.717) is 40.0 Å². The summed E-state index contributed by atoms with van der Waals surface area (Å²) >= 11 is 6.92. The molecule has 258 valence electrons. The molecule has 1 aliphatic heterocycles. The minimum absolute atomic E-state index is 0.157. The Kier molecular flexibility index (Phi) is 8.47. The molecule has 5 aromatic rings. The van der Waals surface area contributed by atoms with E-state index in [4.69, 9.17) is 35.8 Å². The maximum Gasteiger partial charge on any atom is 0.410 e. The van der Waals surface area contributed by atoms with Gasteiger partial charge in [0.2, 0.25) is 0 Å². The Morgan fingerprint density at radius 2 is 1.82 bits per heavy atom. The summed E-state index contributed by atoms with van der Waals surface area (Å²) in [6.45, 7) is 17.3. The second-order valence-corrected chi connectivity index (χ2v) is 21.8. The molecular weight excluding hydrogens is 658 g/mol. The van der Waals surface area contributed by atoms with Crippen LogP contribution in [0.1, 0.15) is 45.5 Å². The number of rotatable bonds is 9. The zero-order chi connectivity index (χ0) is 34.7. The third kappa shape index (κ3) is 7.04. The fourth-order valence-electron chi connectivity index (χ4n) is 6.63. The molecule has 1 saturated carbocycles. The highest BCUT2D eigenvalue weighted by atomic mass is 35.5. The molecule has 2 aromatic carbocycles. The van der Waals surface area contributed by atoms with Crippen LogP contribution in [0.25, 0.3) is 33.3 Å². The van der Waals surface area contributed by atoms with Crippen molar-refractivity contribution >= 4 is 47.8 Å². The van der Waals surface area contributed by atoms with Crippen LogP contribution in [0.2, 0.25) is 30.7 Å². The number of benzene rings is 2. The molecule has 4 heterocycles. The molecule has 0 unspecified atom stereocenters. The quantitative estimate of drug-likeness (QED) is 0.111. The minimum Gasteiger partial charge on any atom is -0.456 e. The van der Waals surface area contributed by atoms with Crippen molar-refractivity contribution < 1.29 is 19.0 Å². The van der Waals surface area contributed by atoms with E-state index < -0.39 is 13.7 Å². The van der Waals surface area contributed by atoms with Crippen molar-refractivity contribution in [3.63, 3.8) is 0 Å². The van der Waals surface area contributed by atoms with Gasteiger partial charge in [0.25, 0.3) is 0 Å². The van der Waals surface area contributed by atoms with E-state index in [-0.39, 0.29) is 17.6 Å². The standard InChI is InChI=1S/C36H44ClN7O4Si/c1-23-40-27-9-8-26(14-30(27)43(23)22-46-12-13-49(5,6)7)47-31-11-10-28-33(32(31)37)41-29(18-38-28)24-17-39-44(19-24)25-15-36(16-25)20-42(21-36)34(45)48-35(2,3)4/h8-11,14,17-19,25H,12-13,15-16,20-22H2,1-7H3. The number of amides is 1. The van der Waals surface area contributed by atoms with Crippen LogP contribution in [0.4, 0.5) is 4.79 Å². The van der Waals surface area contributed by atoms with Crippen LogP contribution < -0.4 is 4.74 Å². The molecule has 0 bridgehead atoms. The molecule has 13 heteroatoms. The molecule has 1 amide bonds. The summed E-state index contributed by atoms with van der Waals surface area (Å²) in [6.07, 6.45) is 7.29. The molecule has 1 aliphatic carbocycles. The first-order chi connectivity index (χ1) is 23.2. The summed E-state index contributed by atoms with van der Waals surface area (Å²) in [4.78, 5) is 28.4. The molecule has 1 saturated heterocycles. The number of nitrogens with zero attached hydrogens (tertiary/aromatic N) is 7. The Morgan fingerprint density at radius 1 is 1.06 bits per heavy atom.